The summed E-state index contributed by atoms with van der Waals surface area (Å²) < 4.78 is 7.46. The SMILES string of the molecule is COc1ccccc1CCn1[nH]nnc1=S. The molecule has 5 nitrogen and oxygen atoms in total. The second-order valence-corrected chi connectivity index (χ2v) is 3.66. The van der Waals surface area contributed by atoms with Crippen LogP contribution in [0.2, 0.25) is 0 Å². The van der Waals surface area contributed by atoms with Crippen LogP contribution in [0.4, 0.5) is 0 Å². The van der Waals surface area contributed by atoms with Crippen molar-refractivity contribution in [3.63, 3.8) is 0 Å². The summed E-state index contributed by atoms with van der Waals surface area (Å²) in [7, 11) is 1.67. The van der Waals surface area contributed by atoms with Crippen LogP contribution in [0, 0.1) is 4.77 Å². The van der Waals surface area contributed by atoms with Crippen molar-refractivity contribution in [2.45, 2.75) is 13.0 Å². The Labute approximate surface area is 98.0 Å². The van der Waals surface area contributed by atoms with Crippen molar-refractivity contribution in [1.29, 1.82) is 0 Å². The molecular weight excluding hydrogens is 224 g/mol. The van der Waals surface area contributed by atoms with Gasteiger partial charge in [0.15, 0.2) is 0 Å². The van der Waals surface area contributed by atoms with Crippen LogP contribution < -0.4 is 4.74 Å². The largest absolute Gasteiger partial charge is 0.496 e. The van der Waals surface area contributed by atoms with E-state index in [0.717, 1.165) is 17.7 Å². The van der Waals surface area contributed by atoms with Gasteiger partial charge in [-0.1, -0.05) is 28.5 Å². The number of H-pyrrole nitrogens is 1. The van der Waals surface area contributed by atoms with Gasteiger partial charge >= 0.3 is 0 Å². The number of methoxy groups -OCH3 is 1. The summed E-state index contributed by atoms with van der Waals surface area (Å²) in [5.41, 5.74) is 1.14. The summed E-state index contributed by atoms with van der Waals surface area (Å²) in [6.07, 6.45) is 0.822. The van der Waals surface area contributed by atoms with Gasteiger partial charge in [-0.2, -0.15) is 5.21 Å². The summed E-state index contributed by atoms with van der Waals surface area (Å²) in [6, 6.07) is 7.92. The van der Waals surface area contributed by atoms with E-state index in [-0.39, 0.29) is 0 Å². The van der Waals surface area contributed by atoms with E-state index in [0.29, 0.717) is 11.3 Å². The molecule has 84 valence electrons. The maximum Gasteiger partial charge on any atom is 0.238 e. The number of aromatic nitrogens is 4. The maximum absolute atomic E-state index is 5.27. The van der Waals surface area contributed by atoms with Gasteiger partial charge in [-0.05, 0) is 30.3 Å². The van der Waals surface area contributed by atoms with E-state index in [4.69, 9.17) is 17.0 Å². The maximum atomic E-state index is 5.27. The number of hydrogen-bond acceptors (Lipinski definition) is 4. The molecule has 0 aliphatic carbocycles. The number of hydrogen-bond donors (Lipinski definition) is 1. The zero-order valence-electron chi connectivity index (χ0n) is 8.88. The molecule has 0 saturated heterocycles. The second kappa shape index (κ2) is 4.89. The van der Waals surface area contributed by atoms with Crippen LogP contribution in [0.3, 0.4) is 0 Å². The number of tetrazole rings is 1. The monoisotopic (exact) mass is 236 g/mol. The molecule has 0 atom stereocenters. The molecule has 1 aromatic heterocycles. The molecule has 2 rings (SSSR count). The standard InChI is InChI=1S/C10H12N4OS/c1-15-9-5-3-2-4-8(9)6-7-14-10(16)11-12-13-14/h2-5H,6-7H2,1H3,(H,11,13,16). The number of para-hydroxylation sites is 1. The molecule has 1 aromatic carbocycles. The first-order chi connectivity index (χ1) is 7.81. The Hall–Kier alpha value is -1.69. The molecule has 0 unspecified atom stereocenters. The highest BCUT2D eigenvalue weighted by molar-refractivity contribution is 7.71. The van der Waals surface area contributed by atoms with Crippen LogP contribution in [0.25, 0.3) is 0 Å². The molecule has 0 aliphatic heterocycles. The fourth-order valence-electron chi connectivity index (χ4n) is 1.50. The molecule has 0 aliphatic rings. The zero-order chi connectivity index (χ0) is 11.4. The van der Waals surface area contributed by atoms with Crippen LogP contribution in [0.15, 0.2) is 24.3 Å². The summed E-state index contributed by atoms with van der Waals surface area (Å²) in [5, 5.41) is 10.1. The first-order valence-corrected chi connectivity index (χ1v) is 5.32. The van der Waals surface area contributed by atoms with Crippen LogP contribution in [0.1, 0.15) is 5.56 Å². The lowest BCUT2D eigenvalue weighted by Crippen LogP contribution is -2.04. The van der Waals surface area contributed by atoms with Crippen molar-refractivity contribution < 1.29 is 4.74 Å². The minimum Gasteiger partial charge on any atom is -0.496 e. The third-order valence-electron chi connectivity index (χ3n) is 2.33. The lowest BCUT2D eigenvalue weighted by Gasteiger charge is -2.07. The van der Waals surface area contributed by atoms with E-state index >= 15 is 0 Å². The lowest BCUT2D eigenvalue weighted by atomic mass is 10.1. The minimum absolute atomic E-state index is 0.467. The van der Waals surface area contributed by atoms with E-state index in [9.17, 15) is 0 Å². The lowest BCUT2D eigenvalue weighted by molar-refractivity contribution is 0.407. The van der Waals surface area contributed by atoms with Crippen molar-refractivity contribution in [3.05, 3.63) is 34.6 Å². The Balaban J connectivity index is 2.10. The van der Waals surface area contributed by atoms with Gasteiger partial charge in [0, 0.05) is 6.54 Å². The third kappa shape index (κ3) is 2.27. The highest BCUT2D eigenvalue weighted by Crippen LogP contribution is 2.17. The summed E-state index contributed by atoms with van der Waals surface area (Å²) in [5.74, 6) is 0.890. The smallest absolute Gasteiger partial charge is 0.238 e. The van der Waals surface area contributed by atoms with E-state index in [2.05, 4.69) is 15.5 Å². The Morgan fingerprint density at radius 3 is 2.94 bits per heavy atom. The molecule has 1 heterocycles. The third-order valence-corrected chi connectivity index (χ3v) is 2.63. The van der Waals surface area contributed by atoms with Crippen LogP contribution >= 0.6 is 12.2 Å². The van der Waals surface area contributed by atoms with Crippen molar-refractivity contribution >= 4 is 12.2 Å². The van der Waals surface area contributed by atoms with Gasteiger partial charge in [-0.15, -0.1) is 0 Å². The fraction of sp³-hybridized carbons (Fsp3) is 0.300. The molecule has 6 heteroatoms. The topological polar surface area (TPSA) is 55.7 Å². The zero-order valence-corrected chi connectivity index (χ0v) is 9.70. The molecule has 0 radical (unpaired) electrons. The molecule has 0 amide bonds. The number of nitrogens with one attached hydrogen (secondary N) is 1. The average Bonchev–Trinajstić information content (AvgIpc) is 2.72. The number of rotatable bonds is 4. The predicted octanol–water partition coefficient (Wildman–Crippen LogP) is 1.59. The molecule has 16 heavy (non-hydrogen) atoms. The van der Waals surface area contributed by atoms with Crippen LogP contribution in [-0.2, 0) is 13.0 Å². The predicted molar refractivity (Wildman–Crippen MR) is 61.9 cm³/mol. The molecule has 0 fully saturated rings. The average molecular weight is 236 g/mol. The molecule has 0 spiro atoms. The Morgan fingerprint density at radius 1 is 1.44 bits per heavy atom. The Morgan fingerprint density at radius 2 is 2.25 bits per heavy atom. The number of benzene rings is 1. The molecule has 0 bridgehead atoms. The van der Waals surface area contributed by atoms with Gasteiger partial charge in [0.05, 0.1) is 7.11 Å². The van der Waals surface area contributed by atoms with Crippen LogP contribution in [-0.4, -0.2) is 27.3 Å². The minimum atomic E-state index is 0.467. The Bertz CT molecular complexity index is 519. The van der Waals surface area contributed by atoms with E-state index in [1.54, 1.807) is 11.8 Å². The normalized spacial score (nSPS) is 10.3. The number of nitrogens with zero attached hydrogens (tertiary/aromatic N) is 3. The highest BCUT2D eigenvalue weighted by Gasteiger charge is 2.02. The fourth-order valence-corrected chi connectivity index (χ4v) is 1.68. The number of ether oxygens (including phenoxy) is 1. The van der Waals surface area contributed by atoms with Gasteiger partial charge in [0.25, 0.3) is 0 Å². The number of aromatic amines is 1. The van der Waals surface area contributed by atoms with Gasteiger partial charge in [0.1, 0.15) is 5.75 Å². The first-order valence-electron chi connectivity index (χ1n) is 4.91. The number of aryl methyl sites for hydroxylation is 2. The van der Waals surface area contributed by atoms with Crippen molar-refractivity contribution in [1.82, 2.24) is 20.2 Å². The first kappa shape index (κ1) is 10.8. The molecule has 0 saturated carbocycles. The van der Waals surface area contributed by atoms with Crippen molar-refractivity contribution in [2.75, 3.05) is 7.11 Å². The quantitative estimate of drug-likeness (QED) is 0.819. The van der Waals surface area contributed by atoms with Gasteiger partial charge in [-0.3, -0.25) is 0 Å². The molecule has 2 aromatic rings. The van der Waals surface area contributed by atoms with E-state index in [1.807, 2.05) is 24.3 Å². The Kier molecular flexibility index (Phi) is 3.31. The van der Waals surface area contributed by atoms with Crippen molar-refractivity contribution in [3.8, 4) is 5.75 Å². The summed E-state index contributed by atoms with van der Waals surface area (Å²) in [4.78, 5) is 0. The van der Waals surface area contributed by atoms with E-state index in [1.165, 1.54) is 0 Å². The van der Waals surface area contributed by atoms with Crippen LogP contribution in [0.5, 0.6) is 5.75 Å². The highest BCUT2D eigenvalue weighted by atomic mass is 32.1. The van der Waals surface area contributed by atoms with Gasteiger partial charge in [0.2, 0.25) is 4.77 Å². The summed E-state index contributed by atoms with van der Waals surface area (Å²) >= 11 is 4.99. The van der Waals surface area contributed by atoms with Gasteiger partial charge in [-0.25, -0.2) is 4.68 Å². The van der Waals surface area contributed by atoms with E-state index < -0.39 is 0 Å². The summed E-state index contributed by atoms with van der Waals surface area (Å²) in [6.45, 7) is 0.714. The van der Waals surface area contributed by atoms with Gasteiger partial charge < -0.3 is 4.74 Å². The molecular formula is C10H12N4OS. The molecule has 1 N–H and O–H groups in total. The second-order valence-electron chi connectivity index (χ2n) is 3.30. The van der Waals surface area contributed by atoms with Crippen molar-refractivity contribution in [2.24, 2.45) is 0 Å².